The minimum atomic E-state index is -0.383. The Bertz CT molecular complexity index is 747. The molecule has 0 bridgehead atoms. The van der Waals surface area contributed by atoms with E-state index in [-0.39, 0.29) is 17.2 Å². The van der Waals surface area contributed by atoms with Gasteiger partial charge in [0.05, 0.1) is 13.7 Å². The van der Waals surface area contributed by atoms with E-state index in [4.69, 9.17) is 22.1 Å². The van der Waals surface area contributed by atoms with Crippen LogP contribution in [0.15, 0.2) is 47.5 Å². The molecule has 6 heteroatoms. The van der Waals surface area contributed by atoms with Gasteiger partial charge in [0.2, 0.25) is 0 Å². The minimum Gasteiger partial charge on any atom is -0.497 e. The smallest absolute Gasteiger partial charge is 0.193 e. The number of guanidine groups is 1. The molecule has 0 aliphatic rings. The number of nitrogens with two attached hydrogens (primary N) is 1. The van der Waals surface area contributed by atoms with Crippen LogP contribution in [0.2, 0.25) is 5.02 Å². The number of methoxy groups -OCH3 is 1. The zero-order valence-corrected chi connectivity index (χ0v) is 14.7. The van der Waals surface area contributed by atoms with Gasteiger partial charge in [-0.3, -0.25) is 4.99 Å². The maximum Gasteiger partial charge on any atom is 0.193 e. The van der Waals surface area contributed by atoms with Gasteiger partial charge in [0, 0.05) is 22.2 Å². The molecule has 0 amide bonds. The lowest BCUT2D eigenvalue weighted by molar-refractivity contribution is 0.415. The van der Waals surface area contributed by atoms with E-state index in [2.05, 4.69) is 10.3 Å². The molecule has 0 aliphatic carbocycles. The molecule has 0 aromatic heterocycles. The molecule has 2 aromatic rings. The first-order valence-electron chi connectivity index (χ1n) is 7.48. The highest BCUT2D eigenvalue weighted by Crippen LogP contribution is 2.30. The number of anilines is 1. The summed E-state index contributed by atoms with van der Waals surface area (Å²) >= 11 is 6.14. The molecule has 0 spiro atoms. The zero-order chi connectivity index (χ0) is 17.7. The minimum absolute atomic E-state index is 0.287. The molecular formula is C18H21ClFN3O. The summed E-state index contributed by atoms with van der Waals surface area (Å²) in [5.74, 6) is 0.656. The van der Waals surface area contributed by atoms with E-state index < -0.39 is 0 Å². The first kappa shape index (κ1) is 18.1. The fourth-order valence-corrected chi connectivity index (χ4v) is 2.72. The average molecular weight is 350 g/mol. The number of hydrogen-bond acceptors (Lipinski definition) is 2. The first-order chi connectivity index (χ1) is 11.3. The van der Waals surface area contributed by atoms with Crippen LogP contribution in [-0.4, -0.2) is 19.6 Å². The maximum absolute atomic E-state index is 13.2. The molecule has 0 heterocycles. The van der Waals surface area contributed by atoms with Crippen molar-refractivity contribution in [2.45, 2.75) is 19.3 Å². The second-order valence-corrected chi connectivity index (χ2v) is 6.47. The molecule has 24 heavy (non-hydrogen) atoms. The van der Waals surface area contributed by atoms with E-state index in [0.717, 1.165) is 17.0 Å². The van der Waals surface area contributed by atoms with Crippen molar-refractivity contribution < 1.29 is 9.13 Å². The first-order valence-corrected chi connectivity index (χ1v) is 7.86. The highest BCUT2D eigenvalue weighted by Gasteiger charge is 2.23. The standard InChI is InChI=1S/C18H21ClFN3O/c1-18(2,15-8-7-12(20)9-16(15)19)11-22-17(21)23-13-5-4-6-14(10-13)24-3/h4-10H,11H2,1-3H3,(H3,21,22,23). The average Bonchev–Trinajstić information content (AvgIpc) is 2.53. The molecule has 128 valence electrons. The quantitative estimate of drug-likeness (QED) is 0.628. The molecule has 0 fully saturated rings. The van der Waals surface area contributed by atoms with Crippen molar-refractivity contribution in [2.75, 3.05) is 19.0 Å². The second kappa shape index (κ2) is 7.53. The van der Waals surface area contributed by atoms with Gasteiger partial charge in [-0.15, -0.1) is 0 Å². The topological polar surface area (TPSA) is 59.6 Å². The largest absolute Gasteiger partial charge is 0.497 e. The Labute approximate surface area is 146 Å². The lowest BCUT2D eigenvalue weighted by atomic mass is 9.84. The molecular weight excluding hydrogens is 329 g/mol. The van der Waals surface area contributed by atoms with Crippen molar-refractivity contribution >= 4 is 23.2 Å². The van der Waals surface area contributed by atoms with Crippen molar-refractivity contribution in [3.63, 3.8) is 0 Å². The van der Waals surface area contributed by atoms with Gasteiger partial charge in [0.25, 0.3) is 0 Å². The Balaban J connectivity index is 2.09. The van der Waals surface area contributed by atoms with E-state index in [0.29, 0.717) is 11.6 Å². The van der Waals surface area contributed by atoms with Crippen LogP contribution in [0.5, 0.6) is 5.75 Å². The monoisotopic (exact) mass is 349 g/mol. The van der Waals surface area contributed by atoms with Gasteiger partial charge in [-0.2, -0.15) is 0 Å². The summed E-state index contributed by atoms with van der Waals surface area (Å²) < 4.78 is 18.4. The van der Waals surface area contributed by atoms with Crippen molar-refractivity contribution in [1.82, 2.24) is 0 Å². The molecule has 4 nitrogen and oxygen atoms in total. The van der Waals surface area contributed by atoms with Crippen LogP contribution < -0.4 is 15.8 Å². The van der Waals surface area contributed by atoms with Crippen molar-refractivity contribution in [3.8, 4) is 5.75 Å². The van der Waals surface area contributed by atoms with Gasteiger partial charge in [-0.25, -0.2) is 4.39 Å². The third-order valence-corrected chi connectivity index (χ3v) is 3.96. The number of aliphatic imine (C=N–C) groups is 1. The number of halogens is 2. The number of nitrogens with one attached hydrogen (secondary N) is 1. The predicted molar refractivity (Wildman–Crippen MR) is 97.5 cm³/mol. The fraction of sp³-hybridized carbons (Fsp3) is 0.278. The van der Waals surface area contributed by atoms with E-state index >= 15 is 0 Å². The van der Waals surface area contributed by atoms with Crippen LogP contribution in [0.4, 0.5) is 10.1 Å². The summed E-state index contributed by atoms with van der Waals surface area (Å²) in [4.78, 5) is 4.38. The van der Waals surface area contributed by atoms with Gasteiger partial charge < -0.3 is 15.8 Å². The normalized spacial score (nSPS) is 12.1. The summed E-state index contributed by atoms with van der Waals surface area (Å²) in [5, 5.41) is 3.40. The molecule has 0 saturated carbocycles. The third-order valence-electron chi connectivity index (χ3n) is 3.65. The van der Waals surface area contributed by atoms with Gasteiger partial charge in [-0.05, 0) is 29.8 Å². The number of rotatable bonds is 5. The maximum atomic E-state index is 13.2. The third kappa shape index (κ3) is 4.61. The van der Waals surface area contributed by atoms with Crippen molar-refractivity contribution in [1.29, 1.82) is 0 Å². The lowest BCUT2D eigenvalue weighted by Crippen LogP contribution is -2.28. The number of nitrogens with zero attached hydrogens (tertiary/aromatic N) is 1. The Morgan fingerprint density at radius 2 is 2.04 bits per heavy atom. The van der Waals surface area contributed by atoms with Crippen LogP contribution in [-0.2, 0) is 5.41 Å². The van der Waals surface area contributed by atoms with Gasteiger partial charge in [0.1, 0.15) is 11.6 Å². The summed E-state index contributed by atoms with van der Waals surface area (Å²) in [6, 6.07) is 11.8. The summed E-state index contributed by atoms with van der Waals surface area (Å²) in [7, 11) is 1.60. The molecule has 0 saturated heterocycles. The molecule has 3 N–H and O–H groups in total. The van der Waals surface area contributed by atoms with Crippen molar-refractivity contribution in [3.05, 3.63) is 58.9 Å². The Hall–Kier alpha value is -2.27. The molecule has 0 unspecified atom stereocenters. The van der Waals surface area contributed by atoms with Crippen LogP contribution in [0.25, 0.3) is 0 Å². The molecule has 2 aromatic carbocycles. The van der Waals surface area contributed by atoms with Crippen LogP contribution >= 0.6 is 11.6 Å². The van der Waals surface area contributed by atoms with E-state index in [1.807, 2.05) is 38.1 Å². The van der Waals surface area contributed by atoms with E-state index in [1.165, 1.54) is 12.1 Å². The van der Waals surface area contributed by atoms with Crippen LogP contribution in [0.1, 0.15) is 19.4 Å². The summed E-state index contributed by atoms with van der Waals surface area (Å²) in [6.45, 7) is 4.37. The highest BCUT2D eigenvalue weighted by molar-refractivity contribution is 6.31. The number of hydrogen-bond donors (Lipinski definition) is 2. The molecule has 2 rings (SSSR count). The van der Waals surface area contributed by atoms with Gasteiger partial charge in [-0.1, -0.05) is 37.6 Å². The van der Waals surface area contributed by atoms with E-state index in [1.54, 1.807) is 13.2 Å². The van der Waals surface area contributed by atoms with Crippen molar-refractivity contribution in [2.24, 2.45) is 10.7 Å². The number of ether oxygens (including phenoxy) is 1. The van der Waals surface area contributed by atoms with Crippen LogP contribution in [0.3, 0.4) is 0 Å². The fourth-order valence-electron chi connectivity index (χ4n) is 2.29. The summed E-state index contributed by atoms with van der Waals surface area (Å²) in [6.07, 6.45) is 0. The SMILES string of the molecule is COc1cccc(NC(N)=NCC(C)(C)c2ccc(F)cc2Cl)c1. The Morgan fingerprint density at radius 1 is 1.29 bits per heavy atom. The zero-order valence-electron chi connectivity index (χ0n) is 13.9. The second-order valence-electron chi connectivity index (χ2n) is 6.07. The molecule has 0 aliphatic heterocycles. The predicted octanol–water partition coefficient (Wildman–Crippen LogP) is 4.19. The molecule has 0 atom stereocenters. The Kier molecular flexibility index (Phi) is 5.67. The van der Waals surface area contributed by atoms with E-state index in [9.17, 15) is 4.39 Å². The van der Waals surface area contributed by atoms with Crippen LogP contribution in [0, 0.1) is 5.82 Å². The Morgan fingerprint density at radius 3 is 2.71 bits per heavy atom. The van der Waals surface area contributed by atoms with Gasteiger partial charge >= 0.3 is 0 Å². The number of benzene rings is 2. The van der Waals surface area contributed by atoms with Gasteiger partial charge in [0.15, 0.2) is 5.96 Å². The highest BCUT2D eigenvalue weighted by atomic mass is 35.5. The lowest BCUT2D eigenvalue weighted by Gasteiger charge is -2.24. The summed E-state index contributed by atoms with van der Waals surface area (Å²) in [5.41, 5.74) is 7.17. The molecule has 0 radical (unpaired) electrons.